The van der Waals surface area contributed by atoms with Crippen LogP contribution in [0.4, 0.5) is 0 Å². The lowest BCUT2D eigenvalue weighted by molar-refractivity contribution is -0.129. The highest BCUT2D eigenvalue weighted by Gasteiger charge is 2.31. The summed E-state index contributed by atoms with van der Waals surface area (Å²) in [6.45, 7) is 6.32. The van der Waals surface area contributed by atoms with Crippen LogP contribution in [0.25, 0.3) is 0 Å². The number of sulfonamides is 1. The summed E-state index contributed by atoms with van der Waals surface area (Å²) in [5.74, 6) is 0.957. The van der Waals surface area contributed by atoms with E-state index >= 15 is 0 Å². The van der Waals surface area contributed by atoms with Gasteiger partial charge in [0.15, 0.2) is 0 Å². The Morgan fingerprint density at radius 1 is 1.37 bits per heavy atom. The molecule has 112 valence electrons. The van der Waals surface area contributed by atoms with E-state index in [1.165, 1.54) is 6.42 Å². The highest BCUT2D eigenvalue weighted by molar-refractivity contribution is 7.89. The van der Waals surface area contributed by atoms with E-state index in [4.69, 9.17) is 4.74 Å². The van der Waals surface area contributed by atoms with Crippen molar-refractivity contribution >= 4 is 15.9 Å². The molecule has 6 heteroatoms. The van der Waals surface area contributed by atoms with Crippen LogP contribution in [0.1, 0.15) is 40.0 Å². The minimum atomic E-state index is -3.50. The van der Waals surface area contributed by atoms with Crippen LogP contribution in [0, 0.1) is 17.8 Å². The van der Waals surface area contributed by atoms with Crippen molar-refractivity contribution in [3.05, 3.63) is 0 Å². The van der Waals surface area contributed by atoms with Gasteiger partial charge in [-0.05, 0) is 30.6 Å². The second kappa shape index (κ2) is 6.70. The molecular weight excluding hydrogens is 266 g/mol. The van der Waals surface area contributed by atoms with Crippen LogP contribution in [0.5, 0.6) is 0 Å². The van der Waals surface area contributed by atoms with Crippen molar-refractivity contribution in [1.82, 2.24) is 4.72 Å². The normalized spacial score (nSPS) is 28.4. The molecule has 0 aromatic carbocycles. The molecule has 0 unspecified atom stereocenters. The lowest BCUT2D eigenvalue weighted by Crippen LogP contribution is -2.38. The molecule has 0 aliphatic heterocycles. The zero-order valence-corrected chi connectivity index (χ0v) is 13.0. The van der Waals surface area contributed by atoms with Crippen molar-refractivity contribution in [2.24, 2.45) is 17.8 Å². The summed E-state index contributed by atoms with van der Waals surface area (Å²) in [5.41, 5.74) is 0. The van der Waals surface area contributed by atoms with Crippen LogP contribution >= 0.6 is 0 Å². The smallest absolute Gasteiger partial charge is 0.259 e. The van der Waals surface area contributed by atoms with Crippen molar-refractivity contribution in [2.75, 3.05) is 12.9 Å². The fraction of sp³-hybridized carbons (Fsp3) is 0.923. The summed E-state index contributed by atoms with van der Waals surface area (Å²) in [6.07, 6.45) is 4.25. The fourth-order valence-electron chi connectivity index (χ4n) is 2.73. The lowest BCUT2D eigenvalue weighted by atomic mass is 9.75. The van der Waals surface area contributed by atoms with E-state index in [2.05, 4.69) is 20.8 Å². The number of carbonyl (C=O) groups is 1. The van der Waals surface area contributed by atoms with Gasteiger partial charge in [-0.3, -0.25) is 9.52 Å². The molecule has 1 N–H and O–H groups in total. The quantitative estimate of drug-likeness (QED) is 0.834. The first-order valence-electron chi connectivity index (χ1n) is 6.81. The number of amides is 1. The minimum Gasteiger partial charge on any atom is -0.368 e. The molecule has 1 saturated carbocycles. The van der Waals surface area contributed by atoms with Gasteiger partial charge in [0.1, 0.15) is 6.61 Å². The number of hydrogen-bond donors (Lipinski definition) is 1. The van der Waals surface area contributed by atoms with Crippen LogP contribution in [-0.4, -0.2) is 33.3 Å². The van der Waals surface area contributed by atoms with Gasteiger partial charge in [-0.15, -0.1) is 0 Å². The molecular formula is C13H25NO4S. The summed E-state index contributed by atoms with van der Waals surface area (Å²) >= 11 is 0. The van der Waals surface area contributed by atoms with Crippen LogP contribution in [0.3, 0.4) is 0 Å². The van der Waals surface area contributed by atoms with Gasteiger partial charge < -0.3 is 4.74 Å². The fourth-order valence-corrected chi connectivity index (χ4v) is 3.20. The van der Waals surface area contributed by atoms with Crippen molar-refractivity contribution < 1.29 is 17.9 Å². The van der Waals surface area contributed by atoms with Crippen LogP contribution in [0.2, 0.25) is 0 Å². The number of nitrogens with one attached hydrogen (secondary N) is 1. The summed E-state index contributed by atoms with van der Waals surface area (Å²) in [6, 6.07) is 0. The van der Waals surface area contributed by atoms with Gasteiger partial charge in [0, 0.05) is 0 Å². The Hall–Kier alpha value is -0.620. The summed E-state index contributed by atoms with van der Waals surface area (Å²) < 4.78 is 29.4. The summed E-state index contributed by atoms with van der Waals surface area (Å²) in [4.78, 5) is 11.4. The van der Waals surface area contributed by atoms with Crippen molar-refractivity contribution in [2.45, 2.75) is 46.1 Å². The molecule has 0 aromatic heterocycles. The maximum absolute atomic E-state index is 11.4. The predicted molar refractivity (Wildman–Crippen MR) is 74.1 cm³/mol. The standard InChI is InChI=1S/C13H25NO4S/c1-9(2)11-6-5-10(3)7-12(11)18-8-13(15)14-19(4,16)17/h9-12H,5-8H2,1-4H3,(H,14,15)/t10-,11+,12-/m1/s1. The molecule has 3 atom stereocenters. The Labute approximate surface area is 116 Å². The molecule has 5 nitrogen and oxygen atoms in total. The molecule has 1 aliphatic carbocycles. The third-order valence-electron chi connectivity index (χ3n) is 3.69. The molecule has 0 spiro atoms. The molecule has 1 amide bonds. The Morgan fingerprint density at radius 2 is 2.00 bits per heavy atom. The zero-order chi connectivity index (χ0) is 14.6. The maximum atomic E-state index is 11.4. The monoisotopic (exact) mass is 291 g/mol. The van der Waals surface area contributed by atoms with Crippen molar-refractivity contribution in [3.63, 3.8) is 0 Å². The van der Waals surface area contributed by atoms with Crippen LogP contribution in [0.15, 0.2) is 0 Å². The summed E-state index contributed by atoms with van der Waals surface area (Å²) in [5, 5.41) is 0. The number of carbonyl (C=O) groups excluding carboxylic acids is 1. The maximum Gasteiger partial charge on any atom is 0.259 e. The molecule has 19 heavy (non-hydrogen) atoms. The highest BCUT2D eigenvalue weighted by atomic mass is 32.2. The van der Waals surface area contributed by atoms with E-state index in [0.717, 1.165) is 19.1 Å². The lowest BCUT2D eigenvalue weighted by Gasteiger charge is -2.37. The average Bonchev–Trinajstić information content (AvgIpc) is 2.23. The van der Waals surface area contributed by atoms with Crippen LogP contribution < -0.4 is 4.72 Å². The summed E-state index contributed by atoms with van der Waals surface area (Å²) in [7, 11) is -3.50. The highest BCUT2D eigenvalue weighted by Crippen LogP contribution is 2.35. The largest absolute Gasteiger partial charge is 0.368 e. The Bertz CT molecular complexity index is 405. The average molecular weight is 291 g/mol. The van der Waals surface area contributed by atoms with Crippen LogP contribution in [-0.2, 0) is 19.6 Å². The van der Waals surface area contributed by atoms with E-state index < -0.39 is 15.9 Å². The molecule has 1 aliphatic rings. The third kappa shape index (κ3) is 5.91. The second-order valence-electron chi connectivity index (χ2n) is 5.97. The van der Waals surface area contributed by atoms with Gasteiger partial charge in [-0.1, -0.05) is 27.2 Å². The first kappa shape index (κ1) is 16.4. The predicted octanol–water partition coefficient (Wildman–Crippen LogP) is 1.54. The SMILES string of the molecule is CC(C)[C@@H]1CC[C@@H](C)C[C@H]1OCC(=O)NS(C)(=O)=O. The van der Waals surface area contributed by atoms with Gasteiger partial charge in [0.05, 0.1) is 12.4 Å². The number of hydrogen-bond acceptors (Lipinski definition) is 4. The van der Waals surface area contributed by atoms with E-state index in [-0.39, 0.29) is 12.7 Å². The Balaban J connectivity index is 2.51. The number of rotatable bonds is 5. The molecule has 0 heterocycles. The molecule has 1 rings (SSSR count). The van der Waals surface area contributed by atoms with Crippen molar-refractivity contribution in [3.8, 4) is 0 Å². The first-order chi connectivity index (χ1) is 8.69. The molecule has 0 saturated heterocycles. The van der Waals surface area contributed by atoms with E-state index in [1.54, 1.807) is 0 Å². The second-order valence-corrected chi connectivity index (χ2v) is 7.72. The Kier molecular flexibility index (Phi) is 5.80. The Morgan fingerprint density at radius 3 is 2.53 bits per heavy atom. The van der Waals surface area contributed by atoms with Gasteiger partial charge >= 0.3 is 0 Å². The third-order valence-corrected chi connectivity index (χ3v) is 4.29. The molecule has 1 fully saturated rings. The van der Waals surface area contributed by atoms with E-state index in [0.29, 0.717) is 17.8 Å². The molecule has 0 radical (unpaired) electrons. The van der Waals surface area contributed by atoms with E-state index in [1.807, 2.05) is 4.72 Å². The van der Waals surface area contributed by atoms with Gasteiger partial charge in [0.25, 0.3) is 5.91 Å². The minimum absolute atomic E-state index is 0.0501. The molecule has 0 bridgehead atoms. The van der Waals surface area contributed by atoms with Crippen molar-refractivity contribution in [1.29, 1.82) is 0 Å². The zero-order valence-electron chi connectivity index (χ0n) is 12.2. The van der Waals surface area contributed by atoms with Gasteiger partial charge in [-0.2, -0.15) is 0 Å². The topological polar surface area (TPSA) is 72.5 Å². The van der Waals surface area contributed by atoms with E-state index in [9.17, 15) is 13.2 Å². The van der Waals surface area contributed by atoms with Gasteiger partial charge in [0.2, 0.25) is 10.0 Å². The first-order valence-corrected chi connectivity index (χ1v) is 8.70. The molecule has 0 aromatic rings. The number of ether oxygens (including phenoxy) is 1. The van der Waals surface area contributed by atoms with Gasteiger partial charge in [-0.25, -0.2) is 8.42 Å².